The van der Waals surface area contributed by atoms with E-state index >= 15 is 0 Å². The van der Waals surface area contributed by atoms with Crippen LogP contribution in [-0.4, -0.2) is 31.3 Å². The lowest BCUT2D eigenvalue weighted by Crippen LogP contribution is -2.46. The first-order chi connectivity index (χ1) is 9.20. The van der Waals surface area contributed by atoms with Gasteiger partial charge in [0, 0.05) is 24.3 Å². The fourth-order valence-corrected chi connectivity index (χ4v) is 3.13. The predicted molar refractivity (Wildman–Crippen MR) is 68.7 cm³/mol. The summed E-state index contributed by atoms with van der Waals surface area (Å²) in [6, 6.07) is 4.31. The number of nitrogens with zero attached hydrogens (tertiary/aromatic N) is 1. The average Bonchev–Trinajstić information content (AvgIpc) is 2.81. The number of halogens is 1. The second kappa shape index (κ2) is 4.64. The van der Waals surface area contributed by atoms with Crippen LogP contribution in [0.4, 0.5) is 10.1 Å². The van der Waals surface area contributed by atoms with Gasteiger partial charge >= 0.3 is 0 Å². The molecule has 2 aliphatic rings. The van der Waals surface area contributed by atoms with Gasteiger partial charge in [-0.25, -0.2) is 4.39 Å². The number of rotatable bonds is 2. The van der Waals surface area contributed by atoms with Gasteiger partial charge in [-0.1, -0.05) is 0 Å². The van der Waals surface area contributed by atoms with Crippen molar-refractivity contribution in [3.05, 3.63) is 29.6 Å². The molecule has 0 saturated carbocycles. The van der Waals surface area contributed by atoms with Gasteiger partial charge in [0.2, 0.25) is 5.91 Å². The zero-order valence-electron chi connectivity index (χ0n) is 10.4. The minimum atomic E-state index is -0.417. The normalized spacial score (nSPS) is 25.9. The number of aldehydes is 1. The first kappa shape index (κ1) is 12.1. The Kier molecular flexibility index (Phi) is 2.97. The monoisotopic (exact) mass is 262 g/mol. The van der Waals surface area contributed by atoms with E-state index in [2.05, 4.69) is 10.2 Å². The maximum absolute atomic E-state index is 13.2. The van der Waals surface area contributed by atoms with Crippen molar-refractivity contribution in [2.24, 2.45) is 5.92 Å². The lowest BCUT2D eigenvalue weighted by molar-refractivity contribution is -0.122. The molecule has 2 unspecified atom stereocenters. The van der Waals surface area contributed by atoms with Crippen LogP contribution in [0.3, 0.4) is 0 Å². The van der Waals surface area contributed by atoms with Gasteiger partial charge < -0.3 is 10.2 Å². The molecule has 1 aromatic carbocycles. The third kappa shape index (κ3) is 1.99. The van der Waals surface area contributed by atoms with E-state index < -0.39 is 5.82 Å². The summed E-state index contributed by atoms with van der Waals surface area (Å²) >= 11 is 0. The maximum atomic E-state index is 13.2. The van der Waals surface area contributed by atoms with Gasteiger partial charge in [0.1, 0.15) is 5.82 Å². The molecule has 2 fully saturated rings. The van der Waals surface area contributed by atoms with Crippen molar-refractivity contribution < 1.29 is 14.0 Å². The van der Waals surface area contributed by atoms with Crippen LogP contribution in [0.15, 0.2) is 18.2 Å². The second-order valence-electron chi connectivity index (χ2n) is 5.08. The molecule has 0 aliphatic carbocycles. The zero-order valence-corrected chi connectivity index (χ0v) is 10.4. The number of carbonyl (C=O) groups excluding carboxylic acids is 2. The van der Waals surface area contributed by atoms with Gasteiger partial charge in [-0.3, -0.25) is 9.59 Å². The highest BCUT2D eigenvalue weighted by Gasteiger charge is 2.41. The van der Waals surface area contributed by atoms with E-state index in [9.17, 15) is 14.0 Å². The van der Waals surface area contributed by atoms with Crippen molar-refractivity contribution in [2.75, 3.05) is 18.0 Å². The molecule has 1 N–H and O–H groups in total. The fourth-order valence-electron chi connectivity index (χ4n) is 3.13. The molecule has 0 bridgehead atoms. The van der Waals surface area contributed by atoms with Crippen LogP contribution in [0.5, 0.6) is 0 Å². The molecule has 0 aromatic heterocycles. The molecule has 100 valence electrons. The van der Waals surface area contributed by atoms with E-state index in [1.807, 2.05) is 0 Å². The van der Waals surface area contributed by atoms with Crippen LogP contribution < -0.4 is 10.2 Å². The van der Waals surface area contributed by atoms with Crippen molar-refractivity contribution in [3.63, 3.8) is 0 Å². The Morgan fingerprint density at radius 2 is 2.26 bits per heavy atom. The summed E-state index contributed by atoms with van der Waals surface area (Å²) in [7, 11) is 0. The number of nitrogens with one attached hydrogen (secondary N) is 1. The molecule has 2 saturated heterocycles. The van der Waals surface area contributed by atoms with Crippen LogP contribution in [0, 0.1) is 11.7 Å². The van der Waals surface area contributed by atoms with Gasteiger partial charge in [0.15, 0.2) is 6.29 Å². The maximum Gasteiger partial charge on any atom is 0.225 e. The number of anilines is 1. The molecule has 2 heterocycles. The Morgan fingerprint density at radius 3 is 3.05 bits per heavy atom. The highest BCUT2D eigenvalue weighted by Crippen LogP contribution is 2.33. The van der Waals surface area contributed by atoms with Crippen molar-refractivity contribution >= 4 is 17.9 Å². The third-order valence-corrected chi connectivity index (χ3v) is 4.03. The van der Waals surface area contributed by atoms with Crippen molar-refractivity contribution in [2.45, 2.75) is 18.9 Å². The van der Waals surface area contributed by atoms with Gasteiger partial charge in [0.05, 0.1) is 12.0 Å². The number of carbonyl (C=O) groups is 2. The topological polar surface area (TPSA) is 49.4 Å². The molecule has 3 rings (SSSR count). The number of amides is 1. The summed E-state index contributed by atoms with van der Waals surface area (Å²) in [5.74, 6) is -0.345. The lowest BCUT2D eigenvalue weighted by Gasteiger charge is -2.38. The molecule has 2 atom stereocenters. The Hall–Kier alpha value is -1.91. The van der Waals surface area contributed by atoms with E-state index in [1.54, 1.807) is 6.07 Å². The van der Waals surface area contributed by atoms with Crippen LogP contribution in [0.25, 0.3) is 0 Å². The number of hydrogen-bond donors (Lipinski definition) is 1. The summed E-state index contributed by atoms with van der Waals surface area (Å²) in [5, 5.41) is 2.87. The summed E-state index contributed by atoms with van der Waals surface area (Å²) in [4.78, 5) is 24.9. The Bertz CT molecular complexity index is 532. The van der Waals surface area contributed by atoms with E-state index in [4.69, 9.17) is 0 Å². The number of piperidine rings is 1. The highest BCUT2D eigenvalue weighted by molar-refractivity contribution is 5.87. The van der Waals surface area contributed by atoms with Crippen LogP contribution in [-0.2, 0) is 4.79 Å². The lowest BCUT2D eigenvalue weighted by atomic mass is 9.90. The summed E-state index contributed by atoms with van der Waals surface area (Å²) in [6.07, 6.45) is 2.46. The average molecular weight is 262 g/mol. The summed E-state index contributed by atoms with van der Waals surface area (Å²) in [6.45, 7) is 1.39. The number of hydrogen-bond acceptors (Lipinski definition) is 3. The number of fused-ring (bicyclic) bond motifs is 1. The number of benzene rings is 1. The second-order valence-corrected chi connectivity index (χ2v) is 5.08. The minimum absolute atomic E-state index is 0.0155. The quantitative estimate of drug-likeness (QED) is 0.819. The molecule has 2 aliphatic heterocycles. The SMILES string of the molecule is O=Cc1cc(F)ccc1N1CCCC2C(=O)NCC21. The first-order valence-electron chi connectivity index (χ1n) is 6.50. The third-order valence-electron chi connectivity index (χ3n) is 4.03. The van der Waals surface area contributed by atoms with E-state index in [0.717, 1.165) is 25.1 Å². The van der Waals surface area contributed by atoms with Crippen molar-refractivity contribution in [3.8, 4) is 0 Å². The van der Waals surface area contributed by atoms with Gasteiger partial charge in [0.25, 0.3) is 0 Å². The molecule has 0 radical (unpaired) electrons. The largest absolute Gasteiger partial charge is 0.365 e. The first-order valence-corrected chi connectivity index (χ1v) is 6.50. The molecule has 19 heavy (non-hydrogen) atoms. The van der Waals surface area contributed by atoms with Gasteiger partial charge in [-0.2, -0.15) is 0 Å². The molecule has 1 amide bonds. The molecule has 4 nitrogen and oxygen atoms in total. The Morgan fingerprint density at radius 1 is 1.42 bits per heavy atom. The highest BCUT2D eigenvalue weighted by atomic mass is 19.1. The van der Waals surface area contributed by atoms with E-state index in [-0.39, 0.29) is 17.9 Å². The predicted octanol–water partition coefficient (Wildman–Crippen LogP) is 1.35. The zero-order chi connectivity index (χ0) is 13.4. The molecule has 1 aromatic rings. The van der Waals surface area contributed by atoms with E-state index in [0.29, 0.717) is 18.4 Å². The van der Waals surface area contributed by atoms with Crippen LogP contribution >= 0.6 is 0 Å². The van der Waals surface area contributed by atoms with Crippen LogP contribution in [0.1, 0.15) is 23.2 Å². The standard InChI is InChI=1S/C14H15FN2O2/c15-10-3-4-12(9(6-10)8-18)17-5-1-2-11-13(17)7-16-14(11)19/h3-4,6,8,11,13H,1-2,5,7H2,(H,16,19). The molecule has 0 spiro atoms. The summed E-state index contributed by atoms with van der Waals surface area (Å²) < 4.78 is 13.2. The Labute approximate surface area is 110 Å². The summed E-state index contributed by atoms with van der Waals surface area (Å²) in [5.41, 5.74) is 1.07. The molecule has 5 heteroatoms. The van der Waals surface area contributed by atoms with E-state index in [1.165, 1.54) is 12.1 Å². The fraction of sp³-hybridized carbons (Fsp3) is 0.429. The van der Waals surface area contributed by atoms with Crippen molar-refractivity contribution in [1.82, 2.24) is 5.32 Å². The van der Waals surface area contributed by atoms with Crippen LogP contribution in [0.2, 0.25) is 0 Å². The van der Waals surface area contributed by atoms with Crippen molar-refractivity contribution in [1.29, 1.82) is 0 Å². The molecular formula is C14H15FN2O2. The minimum Gasteiger partial charge on any atom is -0.365 e. The van der Waals surface area contributed by atoms with Gasteiger partial charge in [-0.05, 0) is 31.0 Å². The Balaban J connectivity index is 1.97. The van der Waals surface area contributed by atoms with Gasteiger partial charge in [-0.15, -0.1) is 0 Å². The smallest absolute Gasteiger partial charge is 0.225 e. The molecular weight excluding hydrogens is 247 g/mol.